The number of nitrogens with zero attached hydrogens (tertiary/aromatic N) is 1. The molecule has 200 valence electrons. The molecule has 4 aromatic rings. The maximum atomic E-state index is 14.3. The predicted molar refractivity (Wildman–Crippen MR) is 190 cm³/mol. The second-order valence-corrected chi connectivity index (χ2v) is 15.0. The first kappa shape index (κ1) is 32.8. The Kier molecular flexibility index (Phi) is 12.7. The average Bonchev–Trinajstić information content (AvgIpc) is 3.35. The molecular formula is C27H18Br2F3I3LiNS2. The van der Waals surface area contributed by atoms with Gasteiger partial charge < -0.3 is 1.43 Å². The molecule has 0 aliphatic heterocycles. The van der Waals surface area contributed by atoms with Gasteiger partial charge in [-0.2, -0.15) is 16.4 Å². The Bertz CT molecular complexity index is 1480. The monoisotopic (exact) mass is 1020 g/mol. The van der Waals surface area contributed by atoms with E-state index in [1.54, 1.807) is 24.3 Å². The average molecular weight is 1030 g/mol. The van der Waals surface area contributed by atoms with Crippen LogP contribution in [0, 0.1) is 7.14 Å². The van der Waals surface area contributed by atoms with Gasteiger partial charge in [-0.3, -0.25) is 0 Å². The summed E-state index contributed by atoms with van der Waals surface area (Å²) in [5.74, 6) is -2.89. The molecule has 1 unspecified atom stereocenters. The summed E-state index contributed by atoms with van der Waals surface area (Å²) < 4.78 is 54.1. The van der Waals surface area contributed by atoms with Crippen LogP contribution in [0.25, 0.3) is 22.3 Å². The number of halogens is 8. The van der Waals surface area contributed by atoms with Crippen molar-refractivity contribution in [1.82, 2.24) is 0 Å². The van der Waals surface area contributed by atoms with Crippen LogP contribution >= 0.6 is 107 Å². The van der Waals surface area contributed by atoms with Gasteiger partial charge in [0.05, 0.1) is 20.2 Å². The van der Waals surface area contributed by atoms with Gasteiger partial charge in [-0.25, -0.2) is 0 Å². The van der Waals surface area contributed by atoms with Gasteiger partial charge in [-0.15, -0.1) is 0 Å². The maximum absolute atomic E-state index is 14.3. The minimum absolute atomic E-state index is 0. The van der Waals surface area contributed by atoms with Crippen LogP contribution in [0.4, 0.5) is 12.7 Å². The van der Waals surface area contributed by atoms with Crippen LogP contribution < -0.4 is 18.9 Å². The second kappa shape index (κ2) is 15.1. The third-order valence-corrected chi connectivity index (χ3v) is 10.5. The number of alkyl halides is 2. The van der Waals surface area contributed by atoms with E-state index in [1.165, 1.54) is 36.4 Å². The molecule has 0 spiro atoms. The van der Waals surface area contributed by atoms with Crippen molar-refractivity contribution in [2.45, 2.75) is 12.3 Å². The first-order valence-electron chi connectivity index (χ1n) is 11.5. The fourth-order valence-corrected chi connectivity index (χ4v) is 7.98. The largest absolute Gasteiger partial charge is 1.00 e. The molecule has 2 aliphatic carbocycles. The number of hydrogen-bond donors (Lipinski definition) is 0. The molecule has 39 heavy (non-hydrogen) atoms. The van der Waals surface area contributed by atoms with Gasteiger partial charge in [0.15, 0.2) is 0 Å². The van der Waals surface area contributed by atoms with Gasteiger partial charge in [-0.1, -0.05) is 56.1 Å². The molecule has 12 heteroatoms. The van der Waals surface area contributed by atoms with E-state index in [2.05, 4.69) is 117 Å². The molecule has 1 nitrogen and oxygen atoms in total. The van der Waals surface area contributed by atoms with Crippen LogP contribution in [0.3, 0.4) is 0 Å². The Morgan fingerprint density at radius 2 is 1.33 bits per heavy atom. The number of hydrogen-bond acceptors (Lipinski definition) is 2. The topological polar surface area (TPSA) is 12.4 Å². The van der Waals surface area contributed by atoms with E-state index in [4.69, 9.17) is 1.37 Å². The smallest absolute Gasteiger partial charge is 1.00 e. The molecule has 0 N–H and O–H groups in total. The van der Waals surface area contributed by atoms with E-state index in [1.807, 2.05) is 27.3 Å². The quantitative estimate of drug-likeness (QED) is 0.0928. The van der Waals surface area contributed by atoms with Crippen LogP contribution in [0.5, 0.6) is 0 Å². The van der Waals surface area contributed by atoms with Crippen LogP contribution in [0.15, 0.2) is 85.5 Å². The van der Waals surface area contributed by atoms with Crippen molar-refractivity contribution in [1.29, 1.82) is 0 Å². The Morgan fingerprint density at radius 1 is 0.846 bits per heavy atom. The van der Waals surface area contributed by atoms with Crippen molar-refractivity contribution in [3.8, 4) is 22.3 Å². The molecule has 0 bridgehead atoms. The van der Waals surface area contributed by atoms with Gasteiger partial charge in [0.25, 0.3) is 5.92 Å². The van der Waals surface area contributed by atoms with Crippen LogP contribution in [-0.4, -0.2) is 6.23 Å². The third-order valence-electron chi connectivity index (χ3n) is 5.84. The van der Waals surface area contributed by atoms with E-state index < -0.39 is 17.0 Å². The van der Waals surface area contributed by atoms with Crippen LogP contribution in [-0.2, 0) is 23.4 Å². The molecule has 0 radical (unpaired) electrons. The SMILES string of the molecule is Brc1ccc2c(c1)Cc1cc(I)ccc1-2.FC1(F)c2cc(Br)ccc2-c2ccc(I)cc21.[2H]CS(F)=NSI.[H-].[Li+]. The molecule has 0 heterocycles. The normalized spacial score (nSPS) is 14.2. The number of benzene rings is 4. The Hall–Kier alpha value is 0.917. The molecule has 0 fully saturated rings. The van der Waals surface area contributed by atoms with Crippen molar-refractivity contribution in [2.24, 2.45) is 3.77 Å². The van der Waals surface area contributed by atoms with E-state index in [9.17, 15) is 12.7 Å². The number of fused-ring (bicyclic) bond motifs is 6. The van der Waals surface area contributed by atoms with Gasteiger partial charge in [0.2, 0.25) is 0 Å². The summed E-state index contributed by atoms with van der Waals surface area (Å²) in [6.45, 7) is 0. The van der Waals surface area contributed by atoms with Crippen LogP contribution in [0.1, 0.15) is 25.1 Å². The fourth-order valence-electron chi connectivity index (χ4n) is 4.35. The van der Waals surface area contributed by atoms with Gasteiger partial charge in [-0.05, 0) is 134 Å². The summed E-state index contributed by atoms with van der Waals surface area (Å²) in [5.41, 5.74) is 7.14. The minimum atomic E-state index is -2.89. The predicted octanol–water partition coefficient (Wildman–Crippen LogP) is 9.22. The van der Waals surface area contributed by atoms with Crippen molar-refractivity contribution in [3.63, 3.8) is 0 Å². The molecule has 2 aliphatic rings. The van der Waals surface area contributed by atoms with E-state index >= 15 is 0 Å². The van der Waals surface area contributed by atoms with E-state index in [0.717, 1.165) is 19.1 Å². The zero-order valence-corrected chi connectivity index (χ0v) is 31.4. The fraction of sp³-hybridized carbons (Fsp3) is 0.111. The minimum Gasteiger partial charge on any atom is -1.00 e. The summed E-state index contributed by atoms with van der Waals surface area (Å²) >= 11 is 11.5. The second-order valence-electron chi connectivity index (χ2n) is 8.18. The molecule has 4 aromatic carbocycles. The summed E-state index contributed by atoms with van der Waals surface area (Å²) in [4.78, 5) is 0. The maximum Gasteiger partial charge on any atom is 1.00 e. The van der Waals surface area contributed by atoms with Crippen LogP contribution in [0.2, 0.25) is 0 Å². The van der Waals surface area contributed by atoms with Gasteiger partial charge in [0.1, 0.15) is 0 Å². The molecule has 1 atom stereocenters. The first-order chi connectivity index (χ1) is 18.5. The summed E-state index contributed by atoms with van der Waals surface area (Å²) in [6, 6.07) is 23.5. The van der Waals surface area contributed by atoms with Gasteiger partial charge >= 0.3 is 18.9 Å². The standard InChI is InChI=1S/C13H6BrF2I.C13H8BrI.CH3FINS2.Li.H/c14-7-1-3-9-10-4-2-8(17)6-12(10)13(15,16)11(9)5-7;14-10-1-3-12-8(6-10)5-9-7-11(15)2-4-13(9)12;1-6(2)4-5-3;;/h1-6H;1-4,6-7H,5H2;1H3;;/q;;;+1;-1/i;;1D;;. The molecule has 6 rings (SSSR count). The zero-order chi connectivity index (χ0) is 28.3. The molecule has 0 amide bonds. The summed E-state index contributed by atoms with van der Waals surface area (Å²) in [7, 11) is 1.05. The molecule has 0 saturated heterocycles. The van der Waals surface area contributed by atoms with Crippen molar-refractivity contribution >= 4 is 118 Å². The van der Waals surface area contributed by atoms with Crippen molar-refractivity contribution in [2.75, 3.05) is 6.23 Å². The zero-order valence-electron chi connectivity index (χ0n) is 22.1. The summed E-state index contributed by atoms with van der Waals surface area (Å²) in [5, 5.41) is 0. The summed E-state index contributed by atoms with van der Waals surface area (Å²) in [6.07, 6.45) is 0.830. The van der Waals surface area contributed by atoms with E-state index in [0.29, 0.717) is 15.6 Å². The Balaban J connectivity index is 0.000000227. The first-order valence-corrected chi connectivity index (χ1v) is 19.1. The molecular weight excluding hydrogens is 1010 g/mol. The van der Waals surface area contributed by atoms with Crippen molar-refractivity contribution < 1.29 is 34.3 Å². The Labute approximate surface area is 304 Å². The van der Waals surface area contributed by atoms with Crippen molar-refractivity contribution in [3.05, 3.63) is 111 Å². The van der Waals surface area contributed by atoms with E-state index in [-0.39, 0.29) is 37.6 Å². The molecule has 0 saturated carbocycles. The third kappa shape index (κ3) is 8.30. The Morgan fingerprint density at radius 3 is 1.92 bits per heavy atom. The van der Waals surface area contributed by atoms with Gasteiger partial charge in [0, 0.05) is 56.0 Å². The number of rotatable bonds is 1. The molecule has 0 aromatic heterocycles.